The summed E-state index contributed by atoms with van der Waals surface area (Å²) in [6.45, 7) is 11.8. The molecule has 0 spiro atoms. The number of benzene rings is 1. The van der Waals surface area contributed by atoms with E-state index in [9.17, 15) is 27.6 Å². The van der Waals surface area contributed by atoms with Crippen LogP contribution in [-0.2, 0) is 40.4 Å². The molecule has 2 aliphatic rings. The lowest BCUT2D eigenvalue weighted by Crippen LogP contribution is -2.56. The summed E-state index contributed by atoms with van der Waals surface area (Å²) >= 11 is 0. The standard InChI is InChI=1S/C34H54N6O7S/c1-23(47-31(44)33(2,3)4)21-34(5,6)30(43)37-32(36)38-18-15-25(16-19-38)22-40(48(7,45)46)27(20-24-12-9-8-10-13-24)29(42)39-17-11-14-26(39)28(35)41/h8-10,12-13,23,25-27H,11,14-22H2,1-7H3,(H2,35,41)(H2,36,37,43)/t23?,26-,27+/m0/s1. The Morgan fingerprint density at radius 2 is 1.65 bits per heavy atom. The number of hydrogen-bond acceptors (Lipinski definition) is 8. The summed E-state index contributed by atoms with van der Waals surface area (Å²) in [5.74, 6) is -1.90. The predicted molar refractivity (Wildman–Crippen MR) is 183 cm³/mol. The van der Waals surface area contributed by atoms with Crippen LogP contribution in [0.25, 0.3) is 0 Å². The van der Waals surface area contributed by atoms with E-state index in [2.05, 4.69) is 5.32 Å². The maximum atomic E-state index is 14.0. The summed E-state index contributed by atoms with van der Waals surface area (Å²) in [5, 5.41) is 11.3. The second-order valence-corrected chi connectivity index (χ2v) is 16.9. The lowest BCUT2D eigenvalue weighted by Gasteiger charge is -2.38. The Hall–Kier alpha value is -3.52. The van der Waals surface area contributed by atoms with Crippen molar-refractivity contribution in [3.8, 4) is 0 Å². The third-order valence-corrected chi connectivity index (χ3v) is 10.4. The van der Waals surface area contributed by atoms with Crippen molar-refractivity contribution in [1.29, 1.82) is 5.41 Å². The van der Waals surface area contributed by atoms with Crippen molar-refractivity contribution in [1.82, 2.24) is 19.4 Å². The molecule has 2 saturated heterocycles. The summed E-state index contributed by atoms with van der Waals surface area (Å²) in [7, 11) is -3.86. The number of sulfonamides is 1. The van der Waals surface area contributed by atoms with E-state index >= 15 is 0 Å². The van der Waals surface area contributed by atoms with Crippen LogP contribution in [0.5, 0.6) is 0 Å². The number of ether oxygens (including phenoxy) is 1. The molecule has 2 heterocycles. The number of carbonyl (C=O) groups excluding carboxylic acids is 4. The molecule has 4 N–H and O–H groups in total. The van der Waals surface area contributed by atoms with Gasteiger partial charge in [0.2, 0.25) is 27.7 Å². The number of hydrogen-bond donors (Lipinski definition) is 3. The van der Waals surface area contributed by atoms with Crippen LogP contribution in [0, 0.1) is 22.2 Å². The summed E-state index contributed by atoms with van der Waals surface area (Å²) in [4.78, 5) is 54.7. The fourth-order valence-electron chi connectivity index (χ4n) is 6.32. The van der Waals surface area contributed by atoms with Crippen molar-refractivity contribution in [2.24, 2.45) is 22.5 Å². The highest BCUT2D eigenvalue weighted by Crippen LogP contribution is 2.28. The molecule has 3 rings (SSSR count). The van der Waals surface area contributed by atoms with Gasteiger partial charge in [-0.15, -0.1) is 0 Å². The second-order valence-electron chi connectivity index (χ2n) is 14.9. The van der Waals surface area contributed by atoms with E-state index < -0.39 is 50.9 Å². The van der Waals surface area contributed by atoms with Gasteiger partial charge in [-0.3, -0.25) is 29.9 Å². The van der Waals surface area contributed by atoms with Gasteiger partial charge in [-0.05, 0) is 77.7 Å². The van der Waals surface area contributed by atoms with E-state index in [1.807, 2.05) is 30.3 Å². The molecule has 0 aromatic heterocycles. The molecule has 0 bridgehead atoms. The molecule has 3 amide bonds. The third-order valence-electron chi connectivity index (χ3n) is 9.13. The first-order chi connectivity index (χ1) is 22.2. The summed E-state index contributed by atoms with van der Waals surface area (Å²) < 4.78 is 33.4. The van der Waals surface area contributed by atoms with Gasteiger partial charge in [-0.1, -0.05) is 44.2 Å². The predicted octanol–water partition coefficient (Wildman–Crippen LogP) is 2.49. The first-order valence-electron chi connectivity index (χ1n) is 16.7. The van der Waals surface area contributed by atoms with Crippen LogP contribution in [0.1, 0.15) is 79.2 Å². The molecular formula is C34H54N6O7S. The molecule has 14 heteroatoms. The van der Waals surface area contributed by atoms with Gasteiger partial charge < -0.3 is 20.3 Å². The minimum absolute atomic E-state index is 0.0468. The molecule has 2 aliphatic heterocycles. The minimum atomic E-state index is -3.86. The lowest BCUT2D eigenvalue weighted by molar-refractivity contribution is -0.160. The number of guanidine groups is 1. The summed E-state index contributed by atoms with van der Waals surface area (Å²) in [6.07, 6.45) is 3.15. The van der Waals surface area contributed by atoms with Gasteiger partial charge >= 0.3 is 5.97 Å². The highest BCUT2D eigenvalue weighted by molar-refractivity contribution is 7.88. The number of carbonyl (C=O) groups is 4. The second kappa shape index (κ2) is 15.8. The molecule has 13 nitrogen and oxygen atoms in total. The number of nitrogens with zero attached hydrogens (tertiary/aromatic N) is 3. The molecule has 3 atom stereocenters. The van der Waals surface area contributed by atoms with Gasteiger partial charge in [-0.25, -0.2) is 8.42 Å². The zero-order chi connectivity index (χ0) is 36.0. The van der Waals surface area contributed by atoms with Gasteiger partial charge in [0.1, 0.15) is 18.2 Å². The van der Waals surface area contributed by atoms with Crippen LogP contribution in [0.4, 0.5) is 0 Å². The SMILES string of the molecule is CC(CC(C)(C)C(=O)NC(=N)N1CCC(CN([C@H](Cc2ccccc2)C(=O)N2CCC[C@H]2C(N)=O)S(C)(=O)=O)CC1)OC(=O)C(C)(C)C. The Bertz CT molecular complexity index is 1440. The fourth-order valence-corrected chi connectivity index (χ4v) is 7.43. The maximum absolute atomic E-state index is 14.0. The first kappa shape index (κ1) is 38.9. The zero-order valence-corrected chi connectivity index (χ0v) is 30.3. The van der Waals surface area contributed by atoms with Crippen molar-refractivity contribution < 1.29 is 32.3 Å². The molecule has 0 radical (unpaired) electrons. The molecule has 268 valence electrons. The largest absolute Gasteiger partial charge is 0.462 e. The van der Waals surface area contributed by atoms with Crippen LogP contribution in [0.3, 0.4) is 0 Å². The Morgan fingerprint density at radius 3 is 2.19 bits per heavy atom. The van der Waals surface area contributed by atoms with E-state index in [-0.39, 0.29) is 43.1 Å². The van der Waals surface area contributed by atoms with Crippen molar-refractivity contribution in [2.75, 3.05) is 32.4 Å². The topological polar surface area (TPSA) is 183 Å². The van der Waals surface area contributed by atoms with Gasteiger partial charge in [0, 0.05) is 31.6 Å². The zero-order valence-electron chi connectivity index (χ0n) is 29.5. The van der Waals surface area contributed by atoms with Gasteiger partial charge in [0.15, 0.2) is 5.96 Å². The first-order valence-corrected chi connectivity index (χ1v) is 18.5. The number of nitrogens with one attached hydrogen (secondary N) is 2. The molecular weight excluding hydrogens is 636 g/mol. The Kier molecular flexibility index (Phi) is 12.8. The van der Waals surface area contributed by atoms with E-state index in [0.717, 1.165) is 11.8 Å². The highest BCUT2D eigenvalue weighted by atomic mass is 32.2. The van der Waals surface area contributed by atoms with Crippen LogP contribution in [0.15, 0.2) is 30.3 Å². The van der Waals surface area contributed by atoms with Crippen LogP contribution in [-0.4, -0.2) is 103 Å². The van der Waals surface area contributed by atoms with Crippen LogP contribution in [0.2, 0.25) is 0 Å². The average molecular weight is 691 g/mol. The Balaban J connectivity index is 1.67. The molecule has 2 fully saturated rings. The fraction of sp³-hybridized carbons (Fsp3) is 0.676. The number of rotatable bonds is 12. The number of esters is 1. The average Bonchev–Trinajstić information content (AvgIpc) is 3.48. The smallest absolute Gasteiger partial charge is 0.311 e. The molecule has 0 aliphatic carbocycles. The van der Waals surface area contributed by atoms with E-state index in [1.54, 1.807) is 46.4 Å². The molecule has 1 unspecified atom stereocenters. The number of nitrogens with two attached hydrogens (primary N) is 1. The van der Waals surface area contributed by atoms with Gasteiger partial charge in [0.05, 0.1) is 11.7 Å². The minimum Gasteiger partial charge on any atom is -0.462 e. The maximum Gasteiger partial charge on any atom is 0.311 e. The normalized spacial score (nSPS) is 19.1. The number of likely N-dealkylation sites (tertiary alicyclic amines) is 2. The van der Waals surface area contributed by atoms with Crippen LogP contribution >= 0.6 is 0 Å². The van der Waals surface area contributed by atoms with E-state index in [4.69, 9.17) is 15.9 Å². The third kappa shape index (κ3) is 10.5. The molecule has 0 saturated carbocycles. The van der Waals surface area contributed by atoms with Gasteiger partial charge in [-0.2, -0.15) is 4.31 Å². The van der Waals surface area contributed by atoms with Gasteiger partial charge in [0.25, 0.3) is 0 Å². The van der Waals surface area contributed by atoms with Crippen molar-refractivity contribution in [3.63, 3.8) is 0 Å². The summed E-state index contributed by atoms with van der Waals surface area (Å²) in [5.41, 5.74) is 4.82. The van der Waals surface area contributed by atoms with Crippen molar-refractivity contribution in [3.05, 3.63) is 35.9 Å². The van der Waals surface area contributed by atoms with Crippen molar-refractivity contribution in [2.45, 2.75) is 98.3 Å². The summed E-state index contributed by atoms with van der Waals surface area (Å²) in [6, 6.07) is 7.37. The van der Waals surface area contributed by atoms with E-state index in [0.29, 0.717) is 45.3 Å². The molecule has 1 aromatic rings. The molecule has 48 heavy (non-hydrogen) atoms. The number of primary amides is 1. The Labute approximate surface area is 285 Å². The Morgan fingerprint density at radius 1 is 1.04 bits per heavy atom. The number of amides is 3. The van der Waals surface area contributed by atoms with E-state index in [1.165, 1.54) is 9.21 Å². The molecule has 1 aromatic carbocycles. The highest BCUT2D eigenvalue weighted by Gasteiger charge is 2.42. The van der Waals surface area contributed by atoms with Crippen molar-refractivity contribution >= 4 is 39.7 Å². The number of piperidine rings is 1. The monoisotopic (exact) mass is 690 g/mol. The lowest BCUT2D eigenvalue weighted by atomic mass is 9.85. The quantitative estimate of drug-likeness (QED) is 0.170. The van der Waals surface area contributed by atoms with Crippen LogP contribution < -0.4 is 11.1 Å².